The number of methoxy groups -OCH3 is 1. The van der Waals surface area contributed by atoms with Crippen LogP contribution in [-0.2, 0) is 4.79 Å². The van der Waals surface area contributed by atoms with E-state index in [9.17, 15) is 4.79 Å². The number of hydrogen-bond acceptors (Lipinski definition) is 5. The summed E-state index contributed by atoms with van der Waals surface area (Å²) in [4.78, 5) is 11.9. The molecule has 1 N–H and O–H groups in total. The standard InChI is InChI=1S/C16H18N2O4/c1-10(2)18-16(19)12(9-17)6-11-7-13(20-3)15-14(8-11)21-4-5-22-15/h6-8,10H,4-5H2,1-3H3,(H,18,19)/b12-6+. The zero-order valence-corrected chi connectivity index (χ0v) is 12.8. The third-order valence-electron chi connectivity index (χ3n) is 2.95. The van der Waals surface area contributed by atoms with Crippen LogP contribution in [0.3, 0.4) is 0 Å². The zero-order valence-electron chi connectivity index (χ0n) is 12.8. The maximum absolute atomic E-state index is 11.9. The smallest absolute Gasteiger partial charge is 0.262 e. The first-order valence-electron chi connectivity index (χ1n) is 6.95. The van der Waals surface area contributed by atoms with Crippen molar-refractivity contribution in [3.05, 3.63) is 23.3 Å². The molecular formula is C16H18N2O4. The van der Waals surface area contributed by atoms with Gasteiger partial charge in [0.25, 0.3) is 5.91 Å². The molecule has 0 saturated carbocycles. The Bertz CT molecular complexity index is 627. The van der Waals surface area contributed by atoms with Crippen molar-refractivity contribution in [1.82, 2.24) is 5.32 Å². The van der Waals surface area contributed by atoms with Crippen molar-refractivity contribution in [1.29, 1.82) is 5.26 Å². The Balaban J connectivity index is 2.37. The number of hydrogen-bond donors (Lipinski definition) is 1. The summed E-state index contributed by atoms with van der Waals surface area (Å²) < 4.78 is 16.3. The lowest BCUT2D eigenvalue weighted by Gasteiger charge is -2.21. The van der Waals surface area contributed by atoms with E-state index < -0.39 is 5.91 Å². The highest BCUT2D eigenvalue weighted by atomic mass is 16.6. The number of ether oxygens (including phenoxy) is 3. The molecule has 0 saturated heterocycles. The van der Waals surface area contributed by atoms with Gasteiger partial charge in [-0.3, -0.25) is 4.79 Å². The molecule has 0 spiro atoms. The number of nitriles is 1. The van der Waals surface area contributed by atoms with Crippen molar-refractivity contribution in [2.24, 2.45) is 0 Å². The Morgan fingerprint density at radius 1 is 1.41 bits per heavy atom. The number of carbonyl (C=O) groups is 1. The first kappa shape index (κ1) is 15.7. The van der Waals surface area contributed by atoms with Gasteiger partial charge >= 0.3 is 0 Å². The van der Waals surface area contributed by atoms with Crippen LogP contribution in [0.2, 0.25) is 0 Å². The molecule has 1 aliphatic heterocycles. The fourth-order valence-corrected chi connectivity index (χ4v) is 2.03. The van der Waals surface area contributed by atoms with E-state index >= 15 is 0 Å². The van der Waals surface area contributed by atoms with Gasteiger partial charge in [0.15, 0.2) is 11.5 Å². The molecule has 0 bridgehead atoms. The molecule has 1 aromatic rings. The maximum atomic E-state index is 11.9. The number of nitrogens with zero attached hydrogens (tertiary/aromatic N) is 1. The van der Waals surface area contributed by atoms with Crippen LogP contribution in [0.4, 0.5) is 0 Å². The van der Waals surface area contributed by atoms with Gasteiger partial charge in [0.2, 0.25) is 5.75 Å². The minimum Gasteiger partial charge on any atom is -0.493 e. The van der Waals surface area contributed by atoms with Crippen LogP contribution in [0.5, 0.6) is 17.2 Å². The molecule has 0 atom stereocenters. The number of benzene rings is 1. The van der Waals surface area contributed by atoms with Crippen molar-refractivity contribution < 1.29 is 19.0 Å². The molecule has 1 aromatic carbocycles. The fourth-order valence-electron chi connectivity index (χ4n) is 2.03. The molecule has 1 amide bonds. The fraction of sp³-hybridized carbons (Fsp3) is 0.375. The van der Waals surface area contributed by atoms with Crippen molar-refractivity contribution in [2.45, 2.75) is 19.9 Å². The quantitative estimate of drug-likeness (QED) is 0.678. The Kier molecular flexibility index (Phi) is 4.89. The highest BCUT2D eigenvalue weighted by Gasteiger charge is 2.19. The van der Waals surface area contributed by atoms with Crippen molar-refractivity contribution >= 4 is 12.0 Å². The molecule has 0 aliphatic carbocycles. The lowest BCUT2D eigenvalue weighted by Crippen LogP contribution is -2.30. The van der Waals surface area contributed by atoms with Gasteiger partial charge < -0.3 is 19.5 Å². The average molecular weight is 302 g/mol. The summed E-state index contributed by atoms with van der Waals surface area (Å²) in [5.74, 6) is 1.17. The summed E-state index contributed by atoms with van der Waals surface area (Å²) in [5, 5.41) is 11.9. The van der Waals surface area contributed by atoms with Crippen molar-refractivity contribution in [3.8, 4) is 23.3 Å². The van der Waals surface area contributed by atoms with Crippen LogP contribution >= 0.6 is 0 Å². The molecule has 22 heavy (non-hydrogen) atoms. The second kappa shape index (κ2) is 6.85. The molecule has 6 heteroatoms. The lowest BCUT2D eigenvalue weighted by atomic mass is 10.1. The summed E-state index contributed by atoms with van der Waals surface area (Å²) >= 11 is 0. The summed E-state index contributed by atoms with van der Waals surface area (Å²) in [6.07, 6.45) is 1.50. The largest absolute Gasteiger partial charge is 0.493 e. The van der Waals surface area contributed by atoms with Crippen molar-refractivity contribution in [2.75, 3.05) is 20.3 Å². The van der Waals surface area contributed by atoms with E-state index in [2.05, 4.69) is 5.32 Å². The molecule has 0 aromatic heterocycles. The van der Waals surface area contributed by atoms with E-state index in [0.29, 0.717) is 36.0 Å². The molecular weight excluding hydrogens is 284 g/mol. The van der Waals surface area contributed by atoms with Gasteiger partial charge in [-0.15, -0.1) is 0 Å². The maximum Gasteiger partial charge on any atom is 0.262 e. The SMILES string of the molecule is COc1cc(/C=C(\C#N)C(=O)NC(C)C)cc2c1OCCO2. The molecule has 116 valence electrons. The van der Waals surface area contributed by atoms with Gasteiger partial charge in [-0.2, -0.15) is 5.26 Å². The van der Waals surface area contributed by atoms with Gasteiger partial charge in [0, 0.05) is 6.04 Å². The molecule has 1 heterocycles. The topological polar surface area (TPSA) is 80.6 Å². The normalized spacial score (nSPS) is 13.5. The molecule has 0 radical (unpaired) electrons. The summed E-state index contributed by atoms with van der Waals surface area (Å²) in [5.41, 5.74) is 0.656. The lowest BCUT2D eigenvalue weighted by molar-refractivity contribution is -0.117. The van der Waals surface area contributed by atoms with Crippen LogP contribution in [0, 0.1) is 11.3 Å². The zero-order chi connectivity index (χ0) is 16.1. The van der Waals surface area contributed by atoms with Crippen LogP contribution in [0.1, 0.15) is 19.4 Å². The van der Waals surface area contributed by atoms with Crippen LogP contribution in [-0.4, -0.2) is 32.3 Å². The molecule has 2 rings (SSSR count). The Morgan fingerprint density at radius 2 is 2.14 bits per heavy atom. The van der Waals surface area contributed by atoms with Gasteiger partial charge in [-0.1, -0.05) is 0 Å². The number of carbonyl (C=O) groups excluding carboxylic acids is 1. The third-order valence-corrected chi connectivity index (χ3v) is 2.95. The van der Waals surface area contributed by atoms with Gasteiger partial charge in [-0.05, 0) is 37.6 Å². The summed E-state index contributed by atoms with van der Waals surface area (Å²) in [6, 6.07) is 5.29. The van der Waals surface area contributed by atoms with Gasteiger partial charge in [-0.25, -0.2) is 0 Å². The van der Waals surface area contributed by atoms with E-state index in [1.807, 2.05) is 19.9 Å². The number of fused-ring (bicyclic) bond motifs is 1. The molecule has 0 fully saturated rings. The Morgan fingerprint density at radius 3 is 2.77 bits per heavy atom. The van der Waals surface area contributed by atoms with Crippen molar-refractivity contribution in [3.63, 3.8) is 0 Å². The second-order valence-electron chi connectivity index (χ2n) is 5.05. The first-order chi connectivity index (χ1) is 10.5. The van der Waals surface area contributed by atoms with Crippen LogP contribution < -0.4 is 19.5 Å². The van der Waals surface area contributed by atoms with E-state index in [1.165, 1.54) is 13.2 Å². The van der Waals surface area contributed by atoms with Gasteiger partial charge in [0.1, 0.15) is 24.9 Å². The minimum absolute atomic E-state index is 0.0208. The van der Waals surface area contributed by atoms with E-state index in [1.54, 1.807) is 12.1 Å². The Labute approximate surface area is 129 Å². The van der Waals surface area contributed by atoms with Crippen LogP contribution in [0.25, 0.3) is 6.08 Å². The van der Waals surface area contributed by atoms with Gasteiger partial charge in [0.05, 0.1) is 7.11 Å². The third kappa shape index (κ3) is 3.50. The molecule has 0 unspecified atom stereocenters. The number of rotatable bonds is 4. The Hall–Kier alpha value is -2.68. The summed E-state index contributed by atoms with van der Waals surface area (Å²) in [6.45, 7) is 4.57. The first-order valence-corrected chi connectivity index (χ1v) is 6.95. The number of amides is 1. The summed E-state index contributed by atoms with van der Waals surface area (Å²) in [7, 11) is 1.53. The number of nitrogens with one attached hydrogen (secondary N) is 1. The average Bonchev–Trinajstić information content (AvgIpc) is 2.50. The highest BCUT2D eigenvalue weighted by molar-refractivity contribution is 6.01. The minimum atomic E-state index is -0.411. The predicted molar refractivity (Wildman–Crippen MR) is 80.9 cm³/mol. The molecule has 1 aliphatic rings. The van der Waals surface area contributed by atoms with E-state index in [0.717, 1.165) is 0 Å². The van der Waals surface area contributed by atoms with Crippen LogP contribution in [0.15, 0.2) is 17.7 Å². The van der Waals surface area contributed by atoms with E-state index in [4.69, 9.17) is 19.5 Å². The molecule has 6 nitrogen and oxygen atoms in total. The highest BCUT2D eigenvalue weighted by Crippen LogP contribution is 2.40. The predicted octanol–water partition coefficient (Wildman–Crippen LogP) is 1.90. The second-order valence-corrected chi connectivity index (χ2v) is 5.05. The van der Waals surface area contributed by atoms with E-state index in [-0.39, 0.29) is 11.6 Å². The monoisotopic (exact) mass is 302 g/mol.